The predicted octanol–water partition coefficient (Wildman–Crippen LogP) is 8.60. The zero-order valence-corrected chi connectivity index (χ0v) is 51.1. The SMILES string of the molecule is COC(=O)[C@@]1(C)CCC(=O)C[C@H]1C(=O)OCc1ccccc1.COC(=O)[C@@]1(C)CC[C@@H](O)C[C@H]1C(=O)OCc1ccccc1.[2H]C1([2H])CC[C@](C)(C(=O)OC)[C@H](C(=O)OCc2ccccc2)C1.[2H]C1([2H])CC[C@](C)(C(=O)OC)[C@H](C(=O)On2nnc3cccnc32)C1. The minimum atomic E-state index is -1.57. The molecule has 88 heavy (non-hydrogen) atoms. The summed E-state index contributed by atoms with van der Waals surface area (Å²) in [5.74, 6) is -7.61. The lowest BCUT2D eigenvalue weighted by Gasteiger charge is -2.39. The van der Waals surface area contributed by atoms with E-state index in [-0.39, 0.29) is 89.0 Å². The first-order valence-corrected chi connectivity index (χ1v) is 29.0. The number of esters is 7. The zero-order valence-electron chi connectivity index (χ0n) is 55.1. The molecule has 0 radical (unpaired) electrons. The minimum Gasteiger partial charge on any atom is -0.469 e. The first-order chi connectivity index (χ1) is 43.5. The third kappa shape index (κ3) is 17.2. The van der Waals surface area contributed by atoms with Gasteiger partial charge in [-0.25, -0.2) is 9.78 Å². The molecule has 0 saturated heterocycles. The fourth-order valence-electron chi connectivity index (χ4n) is 11.1. The van der Waals surface area contributed by atoms with Crippen LogP contribution in [-0.2, 0) is 96.1 Å². The highest BCUT2D eigenvalue weighted by atomic mass is 16.7. The van der Waals surface area contributed by atoms with E-state index in [1.54, 1.807) is 39.8 Å². The lowest BCUT2D eigenvalue weighted by Crippen LogP contribution is -2.47. The number of nitrogens with zero attached hydrogens (tertiary/aromatic N) is 4. The molecule has 22 nitrogen and oxygen atoms in total. The molecule has 1 N–H and O–H groups in total. The Labute approximate surface area is 518 Å². The molecular weight excluding hydrogens is 1140 g/mol. The van der Waals surface area contributed by atoms with Crippen molar-refractivity contribution in [2.24, 2.45) is 45.3 Å². The van der Waals surface area contributed by atoms with Gasteiger partial charge in [-0.3, -0.25) is 38.4 Å². The van der Waals surface area contributed by atoms with Crippen LogP contribution in [0, 0.1) is 45.3 Å². The summed E-state index contributed by atoms with van der Waals surface area (Å²) >= 11 is 0. The molecule has 4 fully saturated rings. The molecule has 0 spiro atoms. The van der Waals surface area contributed by atoms with Gasteiger partial charge >= 0.3 is 47.8 Å². The van der Waals surface area contributed by atoms with E-state index in [2.05, 4.69) is 15.3 Å². The molecule has 0 aliphatic heterocycles. The Balaban J connectivity index is 0.000000195. The van der Waals surface area contributed by atoms with Crippen LogP contribution in [0.4, 0.5) is 0 Å². The number of fused-ring (bicyclic) bond motifs is 1. The van der Waals surface area contributed by atoms with Gasteiger partial charge in [0.1, 0.15) is 31.1 Å². The molecule has 9 atom stereocenters. The van der Waals surface area contributed by atoms with Gasteiger partial charge in [-0.15, -0.1) is 5.10 Å². The number of ether oxygens (including phenoxy) is 7. The van der Waals surface area contributed by atoms with E-state index in [4.69, 9.17) is 43.5 Å². The summed E-state index contributed by atoms with van der Waals surface area (Å²) < 4.78 is 67.1. The number of carbonyl (C=O) groups is 9. The van der Waals surface area contributed by atoms with Crippen LogP contribution >= 0.6 is 0 Å². The van der Waals surface area contributed by atoms with E-state index in [1.807, 2.05) is 91.0 Å². The van der Waals surface area contributed by atoms with E-state index in [1.165, 1.54) is 34.6 Å². The molecule has 3 aromatic carbocycles. The summed E-state index contributed by atoms with van der Waals surface area (Å²) in [7, 11) is 5.12. The Hall–Kier alpha value is -8.40. The first kappa shape index (κ1) is 62.6. The molecule has 4 aliphatic carbocycles. The van der Waals surface area contributed by atoms with E-state index < -0.39 is 112 Å². The number of aliphatic hydroxyl groups excluding tert-OH is 1. The van der Waals surface area contributed by atoms with Crippen molar-refractivity contribution < 1.29 is 91.7 Å². The summed E-state index contributed by atoms with van der Waals surface area (Å²) in [6.07, 6.45) is 0.252. The molecule has 9 rings (SSSR count). The zero-order chi connectivity index (χ0) is 67.7. The van der Waals surface area contributed by atoms with Crippen LogP contribution in [0.3, 0.4) is 0 Å². The van der Waals surface area contributed by atoms with Gasteiger partial charge in [-0.1, -0.05) is 117 Å². The number of pyridine rings is 1. The van der Waals surface area contributed by atoms with E-state index >= 15 is 0 Å². The van der Waals surface area contributed by atoms with Crippen LogP contribution in [0.15, 0.2) is 109 Å². The highest BCUT2D eigenvalue weighted by Gasteiger charge is 2.53. The van der Waals surface area contributed by atoms with Gasteiger partial charge in [0.2, 0.25) is 5.65 Å². The second kappa shape index (κ2) is 32.0. The van der Waals surface area contributed by atoms with Gasteiger partial charge in [0.15, 0.2) is 0 Å². The van der Waals surface area contributed by atoms with Crippen molar-refractivity contribution >= 4 is 64.7 Å². The number of ketones is 1. The largest absolute Gasteiger partial charge is 0.469 e. The molecule has 22 heteroatoms. The van der Waals surface area contributed by atoms with Gasteiger partial charge in [0.25, 0.3) is 0 Å². The van der Waals surface area contributed by atoms with Gasteiger partial charge in [-0.2, -0.15) is 0 Å². The molecule has 474 valence electrons. The fraction of sp³-hybridized carbons (Fsp3) is 0.515. The average molecular weight is 1220 g/mol. The number of aromatic nitrogens is 4. The van der Waals surface area contributed by atoms with Crippen LogP contribution < -0.4 is 4.84 Å². The van der Waals surface area contributed by atoms with Crippen molar-refractivity contribution in [2.75, 3.05) is 28.4 Å². The molecule has 0 unspecified atom stereocenters. The Kier molecular flexibility index (Phi) is 22.8. The van der Waals surface area contributed by atoms with Crippen molar-refractivity contribution in [1.29, 1.82) is 0 Å². The van der Waals surface area contributed by atoms with Crippen molar-refractivity contribution in [3.05, 3.63) is 126 Å². The second-order valence-electron chi connectivity index (χ2n) is 22.9. The van der Waals surface area contributed by atoms with Gasteiger partial charge in [0, 0.05) is 24.5 Å². The number of aliphatic hydroxyl groups is 1. The molecule has 5 aromatic rings. The number of hydrogen-bond acceptors (Lipinski definition) is 21. The number of hydrogen-bond donors (Lipinski definition) is 1. The van der Waals surface area contributed by atoms with E-state index in [0.717, 1.165) is 21.5 Å². The number of carbonyl (C=O) groups excluding carboxylic acids is 9. The van der Waals surface area contributed by atoms with Crippen LogP contribution in [0.5, 0.6) is 0 Å². The predicted molar refractivity (Wildman–Crippen MR) is 316 cm³/mol. The maximum Gasteiger partial charge on any atom is 0.339 e. The number of benzene rings is 3. The Morgan fingerprint density at radius 2 is 0.943 bits per heavy atom. The Morgan fingerprint density at radius 1 is 0.534 bits per heavy atom. The topological polar surface area (TPSA) is 291 Å². The molecule has 2 aromatic heterocycles. The molecule has 4 aliphatic rings. The maximum absolute atomic E-state index is 12.7. The Bertz CT molecular complexity index is 3380. The van der Waals surface area contributed by atoms with Crippen LogP contribution in [-0.4, -0.2) is 113 Å². The third-order valence-electron chi connectivity index (χ3n) is 17.0. The highest BCUT2D eigenvalue weighted by molar-refractivity contribution is 5.93. The van der Waals surface area contributed by atoms with Crippen molar-refractivity contribution in [2.45, 2.75) is 143 Å². The van der Waals surface area contributed by atoms with Crippen molar-refractivity contribution in [3.63, 3.8) is 0 Å². The van der Waals surface area contributed by atoms with Gasteiger partial charge < -0.3 is 43.1 Å². The smallest absolute Gasteiger partial charge is 0.339 e. The number of rotatable bonds is 15. The van der Waals surface area contributed by atoms with Crippen LogP contribution in [0.2, 0.25) is 0 Å². The van der Waals surface area contributed by atoms with Crippen molar-refractivity contribution in [3.8, 4) is 0 Å². The lowest BCUT2D eigenvalue weighted by atomic mass is 9.66. The van der Waals surface area contributed by atoms with Gasteiger partial charge in [0.05, 0.1) is 79.9 Å². The summed E-state index contributed by atoms with van der Waals surface area (Å²) in [4.78, 5) is 120. The summed E-state index contributed by atoms with van der Waals surface area (Å²) in [6, 6.07) is 31.2. The molecular formula is C66H82N4O18. The third-order valence-corrected chi connectivity index (χ3v) is 17.0. The Morgan fingerprint density at radius 3 is 1.40 bits per heavy atom. The summed E-state index contributed by atoms with van der Waals surface area (Å²) in [5.41, 5.74) is -0.864. The minimum absolute atomic E-state index is 0.0250. The van der Waals surface area contributed by atoms with E-state index in [0.29, 0.717) is 24.8 Å². The van der Waals surface area contributed by atoms with E-state index in [9.17, 15) is 48.3 Å². The number of methoxy groups -OCH3 is 4. The van der Waals surface area contributed by atoms with Crippen LogP contribution in [0.1, 0.15) is 140 Å². The lowest BCUT2D eigenvalue weighted by molar-refractivity contribution is -0.173. The monoisotopic (exact) mass is 1220 g/mol. The average Bonchev–Trinajstić information content (AvgIpc) is 0.853. The van der Waals surface area contributed by atoms with Crippen LogP contribution in [0.25, 0.3) is 11.2 Å². The second-order valence-corrected chi connectivity index (χ2v) is 22.9. The highest BCUT2D eigenvalue weighted by Crippen LogP contribution is 2.46. The normalized spacial score (nSPS) is 27.3. The summed E-state index contributed by atoms with van der Waals surface area (Å²) in [6.45, 7) is 7.01. The molecule has 0 amide bonds. The molecule has 2 heterocycles. The van der Waals surface area contributed by atoms with Crippen molar-refractivity contribution in [1.82, 2.24) is 20.1 Å². The number of Topliss-reactive ketones (excluding diaryl/α,β-unsaturated/α-hetero) is 1. The summed E-state index contributed by atoms with van der Waals surface area (Å²) in [5, 5.41) is 17.4. The molecule has 0 bridgehead atoms. The maximum atomic E-state index is 12.7. The van der Waals surface area contributed by atoms with Gasteiger partial charge in [-0.05, 0) is 118 Å². The fourth-order valence-corrected chi connectivity index (χ4v) is 11.1. The standard InChI is InChI=1S/C17H22O5.C17H20O5.C17H22O4.C15H18N4O4/c2*1-17(16(20)21-2)9-8-13(18)10-14(17)15(19)22-11-12-6-4-3-5-7-12;1-17(16(19)20-2)11-7-6-10-14(17)15(18)21-12-13-8-4-3-5-9-13;1-15(14(21)22-2)8-4-3-6-10(15)13(20)23-19-12-11(17-18-19)7-5-9-16-12/h3-7,13-14,18H,8-11H2,1-2H3;3-7,14H,8-11H2,1-2H3;3-5,8-9,14H,6-7,10-12H2,1-2H3;5,7,9-10H,3-4,6,8H2,1-2H3/t13-,14+,17+;2*14-,17-;10-,15-/m1000/s1/i;;6D2;3D2. The first-order valence-electron chi connectivity index (χ1n) is 31.0. The quantitative estimate of drug-likeness (QED) is 0.0583. The molecule has 4 saturated carbocycles.